The average Bonchev–Trinajstić information content (AvgIpc) is 2.49. The maximum Gasteiger partial charge on any atom is 0.320 e. The van der Waals surface area contributed by atoms with Crippen LogP contribution in [0.3, 0.4) is 0 Å². The van der Waals surface area contributed by atoms with Gasteiger partial charge in [0.15, 0.2) is 0 Å². The first-order valence-corrected chi connectivity index (χ1v) is 4.88. The third-order valence-corrected chi connectivity index (χ3v) is 2.88. The first-order chi connectivity index (χ1) is 6.53. The fraction of sp³-hybridized carbons (Fsp3) is 0.636. The lowest BCUT2D eigenvalue weighted by atomic mass is 9.77. The van der Waals surface area contributed by atoms with Crippen LogP contribution in [0.5, 0.6) is 0 Å². The molecular formula is C11H16O3. The van der Waals surface area contributed by atoms with Crippen molar-refractivity contribution in [1.82, 2.24) is 0 Å². The number of ether oxygens (including phenoxy) is 1. The Morgan fingerprint density at radius 2 is 2.29 bits per heavy atom. The van der Waals surface area contributed by atoms with Crippen molar-refractivity contribution in [2.75, 3.05) is 6.61 Å². The van der Waals surface area contributed by atoms with Crippen LogP contribution in [-0.4, -0.2) is 18.4 Å². The Hall–Kier alpha value is -1.12. The van der Waals surface area contributed by atoms with E-state index in [-0.39, 0.29) is 11.8 Å². The van der Waals surface area contributed by atoms with Crippen LogP contribution in [0.15, 0.2) is 12.2 Å². The van der Waals surface area contributed by atoms with E-state index < -0.39 is 5.41 Å². The van der Waals surface area contributed by atoms with E-state index in [0.717, 1.165) is 12.0 Å². The van der Waals surface area contributed by atoms with E-state index >= 15 is 0 Å². The molecule has 0 aromatic carbocycles. The van der Waals surface area contributed by atoms with Crippen LogP contribution in [0.4, 0.5) is 0 Å². The van der Waals surface area contributed by atoms with Gasteiger partial charge in [-0.1, -0.05) is 19.1 Å². The number of allylic oxidation sites excluding steroid dienone is 1. The van der Waals surface area contributed by atoms with Gasteiger partial charge in [-0.25, -0.2) is 0 Å². The maximum absolute atomic E-state index is 11.5. The summed E-state index contributed by atoms with van der Waals surface area (Å²) in [6, 6.07) is 0. The first-order valence-electron chi connectivity index (χ1n) is 4.88. The zero-order valence-corrected chi connectivity index (χ0v) is 8.76. The molecule has 1 unspecified atom stereocenters. The molecule has 1 heterocycles. The zero-order chi connectivity index (χ0) is 10.8. The minimum absolute atomic E-state index is 0.102. The standard InChI is InChI=1S/C11H16O3/c1-4-8(2)7-11(9(3)12)5-6-14-10(11)13/h2,4-7H2,1,3H3. The number of esters is 1. The summed E-state index contributed by atoms with van der Waals surface area (Å²) in [7, 11) is 0. The number of cyclic esters (lactones) is 1. The highest BCUT2D eigenvalue weighted by molar-refractivity contribution is 6.04. The van der Waals surface area contributed by atoms with Crippen LogP contribution in [0, 0.1) is 5.41 Å². The molecule has 3 nitrogen and oxygen atoms in total. The van der Waals surface area contributed by atoms with Crippen LogP contribution >= 0.6 is 0 Å². The molecule has 1 atom stereocenters. The molecule has 1 fully saturated rings. The Labute approximate surface area is 84.1 Å². The van der Waals surface area contributed by atoms with Crippen molar-refractivity contribution in [1.29, 1.82) is 0 Å². The van der Waals surface area contributed by atoms with E-state index in [4.69, 9.17) is 4.74 Å². The summed E-state index contributed by atoms with van der Waals surface area (Å²) in [6.07, 6.45) is 1.74. The summed E-state index contributed by atoms with van der Waals surface area (Å²) in [6.45, 7) is 7.62. The van der Waals surface area contributed by atoms with Gasteiger partial charge in [0, 0.05) is 6.42 Å². The van der Waals surface area contributed by atoms with E-state index in [1.807, 2.05) is 6.92 Å². The van der Waals surface area contributed by atoms with Gasteiger partial charge >= 0.3 is 5.97 Å². The van der Waals surface area contributed by atoms with Crippen molar-refractivity contribution in [3.05, 3.63) is 12.2 Å². The van der Waals surface area contributed by atoms with E-state index in [1.54, 1.807) is 0 Å². The maximum atomic E-state index is 11.5. The fourth-order valence-corrected chi connectivity index (χ4v) is 1.71. The summed E-state index contributed by atoms with van der Waals surface area (Å²) in [5.74, 6) is -0.478. The second kappa shape index (κ2) is 3.95. The van der Waals surface area contributed by atoms with Crippen molar-refractivity contribution in [3.8, 4) is 0 Å². The second-order valence-electron chi connectivity index (χ2n) is 3.80. The molecule has 14 heavy (non-hydrogen) atoms. The number of ketones is 1. The van der Waals surface area contributed by atoms with Crippen molar-refractivity contribution in [3.63, 3.8) is 0 Å². The van der Waals surface area contributed by atoms with E-state index in [0.29, 0.717) is 19.4 Å². The number of carbonyl (C=O) groups excluding carboxylic acids is 2. The van der Waals surface area contributed by atoms with Crippen molar-refractivity contribution in [2.45, 2.75) is 33.1 Å². The Morgan fingerprint density at radius 3 is 2.64 bits per heavy atom. The van der Waals surface area contributed by atoms with E-state index in [2.05, 4.69) is 6.58 Å². The molecule has 0 aromatic rings. The van der Waals surface area contributed by atoms with Gasteiger partial charge in [-0.3, -0.25) is 9.59 Å². The summed E-state index contributed by atoms with van der Waals surface area (Å²) >= 11 is 0. The second-order valence-corrected chi connectivity index (χ2v) is 3.80. The molecule has 1 aliphatic rings. The summed E-state index contributed by atoms with van der Waals surface area (Å²) in [5.41, 5.74) is 0.00616. The lowest BCUT2D eigenvalue weighted by Gasteiger charge is -2.21. The van der Waals surface area contributed by atoms with Crippen LogP contribution in [0.1, 0.15) is 33.1 Å². The van der Waals surface area contributed by atoms with Gasteiger partial charge in [0.05, 0.1) is 6.61 Å². The highest BCUT2D eigenvalue weighted by atomic mass is 16.5. The Bertz CT molecular complexity index is 280. The highest BCUT2D eigenvalue weighted by Crippen LogP contribution is 2.37. The predicted molar refractivity (Wildman–Crippen MR) is 52.7 cm³/mol. The monoisotopic (exact) mass is 196 g/mol. The largest absolute Gasteiger partial charge is 0.465 e. The lowest BCUT2D eigenvalue weighted by Crippen LogP contribution is -2.34. The fourth-order valence-electron chi connectivity index (χ4n) is 1.71. The Kier molecular flexibility index (Phi) is 3.09. The number of Topliss-reactive ketones (excluding diaryl/α,β-unsaturated/α-hetero) is 1. The molecule has 0 aromatic heterocycles. The minimum atomic E-state index is -0.924. The first kappa shape index (κ1) is 11.0. The molecule has 0 saturated carbocycles. The summed E-state index contributed by atoms with van der Waals surface area (Å²) in [5, 5.41) is 0. The smallest absolute Gasteiger partial charge is 0.320 e. The number of hydrogen-bond acceptors (Lipinski definition) is 3. The molecule has 3 heteroatoms. The van der Waals surface area contributed by atoms with E-state index in [1.165, 1.54) is 6.92 Å². The van der Waals surface area contributed by atoms with Crippen molar-refractivity contribution in [2.24, 2.45) is 5.41 Å². The molecule has 0 radical (unpaired) electrons. The number of hydrogen-bond donors (Lipinski definition) is 0. The van der Waals surface area contributed by atoms with Crippen LogP contribution < -0.4 is 0 Å². The quantitative estimate of drug-likeness (QED) is 0.391. The molecular weight excluding hydrogens is 180 g/mol. The third kappa shape index (κ3) is 1.72. The van der Waals surface area contributed by atoms with Gasteiger partial charge in [0.1, 0.15) is 11.2 Å². The molecule has 0 aliphatic carbocycles. The minimum Gasteiger partial charge on any atom is -0.465 e. The Morgan fingerprint density at radius 1 is 1.64 bits per heavy atom. The Balaban J connectivity index is 2.88. The van der Waals surface area contributed by atoms with Crippen molar-refractivity contribution >= 4 is 11.8 Å². The normalized spacial score (nSPS) is 26.0. The molecule has 0 spiro atoms. The predicted octanol–water partition coefficient (Wildman–Crippen LogP) is 1.86. The molecule has 1 saturated heterocycles. The average molecular weight is 196 g/mol. The third-order valence-electron chi connectivity index (χ3n) is 2.88. The van der Waals surface area contributed by atoms with Crippen molar-refractivity contribution < 1.29 is 14.3 Å². The summed E-state index contributed by atoms with van der Waals surface area (Å²) < 4.78 is 4.87. The molecule has 0 amide bonds. The van der Waals surface area contributed by atoms with Crippen LogP contribution in [-0.2, 0) is 14.3 Å². The van der Waals surface area contributed by atoms with Crippen LogP contribution in [0.2, 0.25) is 0 Å². The van der Waals surface area contributed by atoms with E-state index in [9.17, 15) is 9.59 Å². The van der Waals surface area contributed by atoms with Gasteiger partial charge in [0.2, 0.25) is 0 Å². The molecule has 1 rings (SSSR count). The zero-order valence-electron chi connectivity index (χ0n) is 8.76. The number of rotatable bonds is 4. The summed E-state index contributed by atoms with van der Waals surface area (Å²) in [4.78, 5) is 23.0. The van der Waals surface area contributed by atoms with Gasteiger partial charge in [-0.05, 0) is 19.8 Å². The topological polar surface area (TPSA) is 43.4 Å². The lowest BCUT2D eigenvalue weighted by molar-refractivity contribution is -0.150. The molecule has 1 aliphatic heterocycles. The molecule has 78 valence electrons. The molecule has 0 N–H and O–H groups in total. The SMILES string of the molecule is C=C(CC)CC1(C(C)=O)CCOC1=O. The number of carbonyl (C=O) groups is 2. The molecule has 0 bridgehead atoms. The van der Waals surface area contributed by atoms with Gasteiger partial charge in [-0.15, -0.1) is 0 Å². The van der Waals surface area contributed by atoms with Gasteiger partial charge in [-0.2, -0.15) is 0 Å². The highest BCUT2D eigenvalue weighted by Gasteiger charge is 2.48. The van der Waals surface area contributed by atoms with Crippen LogP contribution in [0.25, 0.3) is 0 Å². The van der Waals surface area contributed by atoms with Gasteiger partial charge in [0.25, 0.3) is 0 Å². The van der Waals surface area contributed by atoms with Gasteiger partial charge < -0.3 is 4.74 Å².